The van der Waals surface area contributed by atoms with Crippen molar-refractivity contribution in [3.63, 3.8) is 0 Å². The van der Waals surface area contributed by atoms with Crippen LogP contribution in [0.5, 0.6) is 0 Å². The lowest BCUT2D eigenvalue weighted by Crippen LogP contribution is -2.40. The third kappa shape index (κ3) is 2.23. The minimum absolute atomic E-state index is 0.264. The molecule has 0 aromatic heterocycles. The molecule has 1 heterocycles. The van der Waals surface area contributed by atoms with Crippen molar-refractivity contribution in [2.45, 2.75) is 24.8 Å². The second-order valence-electron chi connectivity index (χ2n) is 5.35. The van der Waals surface area contributed by atoms with Gasteiger partial charge in [-0.2, -0.15) is 4.99 Å². The van der Waals surface area contributed by atoms with Crippen molar-refractivity contribution in [1.29, 1.82) is 0 Å². The highest BCUT2D eigenvalue weighted by Crippen LogP contribution is 2.48. The maximum Gasteiger partial charge on any atom is 0.235 e. The zero-order chi connectivity index (χ0) is 14.0. The molecule has 2 fully saturated rings. The van der Waals surface area contributed by atoms with Gasteiger partial charge in [-0.3, -0.25) is 0 Å². The number of halogens is 1. The average molecular weight is 276 g/mol. The normalized spacial score (nSPS) is 20.9. The number of nitrogens with zero attached hydrogens (tertiary/aromatic N) is 2. The molecule has 0 atom stereocenters. The fraction of sp³-hybridized carbons (Fsp3) is 0.533. The van der Waals surface area contributed by atoms with E-state index in [2.05, 4.69) is 9.89 Å². The second kappa shape index (κ2) is 5.35. The molecule has 2 aliphatic rings. The van der Waals surface area contributed by atoms with Gasteiger partial charge in [0, 0.05) is 24.3 Å². The van der Waals surface area contributed by atoms with E-state index >= 15 is 0 Å². The maximum absolute atomic E-state index is 13.6. The second-order valence-corrected chi connectivity index (χ2v) is 5.35. The van der Waals surface area contributed by atoms with E-state index < -0.39 is 5.54 Å². The molecule has 20 heavy (non-hydrogen) atoms. The molecule has 5 heteroatoms. The predicted molar refractivity (Wildman–Crippen MR) is 73.1 cm³/mol. The molecule has 4 nitrogen and oxygen atoms in total. The smallest absolute Gasteiger partial charge is 0.235 e. The number of morpholine rings is 1. The summed E-state index contributed by atoms with van der Waals surface area (Å²) in [5, 5.41) is 0. The van der Waals surface area contributed by atoms with Gasteiger partial charge in [0.25, 0.3) is 0 Å². The molecule has 1 saturated heterocycles. The minimum atomic E-state index is -0.497. The Balaban J connectivity index is 2.03. The lowest BCUT2D eigenvalue weighted by molar-refractivity contribution is 0.122. The fourth-order valence-corrected chi connectivity index (χ4v) is 3.00. The van der Waals surface area contributed by atoms with E-state index in [-0.39, 0.29) is 5.82 Å². The van der Waals surface area contributed by atoms with Gasteiger partial charge in [-0.05, 0) is 31.4 Å². The molecular formula is C15H17FN2O2. The maximum atomic E-state index is 13.6. The molecule has 0 bridgehead atoms. The third-order valence-corrected chi connectivity index (χ3v) is 4.25. The first-order valence-electron chi connectivity index (χ1n) is 6.97. The van der Waals surface area contributed by atoms with Crippen LogP contribution in [0.2, 0.25) is 0 Å². The van der Waals surface area contributed by atoms with Crippen molar-refractivity contribution in [2.75, 3.05) is 31.2 Å². The molecule has 1 aromatic carbocycles. The van der Waals surface area contributed by atoms with E-state index in [0.29, 0.717) is 13.2 Å². The van der Waals surface area contributed by atoms with Gasteiger partial charge in [0.05, 0.1) is 13.2 Å². The Labute approximate surface area is 117 Å². The number of hydrogen-bond donors (Lipinski definition) is 0. The number of ether oxygens (including phenoxy) is 1. The lowest BCUT2D eigenvalue weighted by atomic mass is 9.71. The summed E-state index contributed by atoms with van der Waals surface area (Å²) in [5.74, 6) is -0.264. The summed E-state index contributed by atoms with van der Waals surface area (Å²) in [6.45, 7) is 2.74. The van der Waals surface area contributed by atoms with Crippen molar-refractivity contribution in [3.8, 4) is 0 Å². The highest BCUT2D eigenvalue weighted by Gasteiger charge is 2.41. The first kappa shape index (κ1) is 13.3. The highest BCUT2D eigenvalue weighted by atomic mass is 19.1. The molecular weight excluding hydrogens is 259 g/mol. The molecule has 0 radical (unpaired) electrons. The predicted octanol–water partition coefficient (Wildman–Crippen LogP) is 2.38. The lowest BCUT2D eigenvalue weighted by Gasteiger charge is -2.41. The van der Waals surface area contributed by atoms with Crippen molar-refractivity contribution < 1.29 is 13.9 Å². The van der Waals surface area contributed by atoms with Crippen molar-refractivity contribution >= 4 is 11.8 Å². The van der Waals surface area contributed by atoms with E-state index in [9.17, 15) is 9.18 Å². The minimum Gasteiger partial charge on any atom is -0.378 e. The first-order chi connectivity index (χ1) is 9.75. The van der Waals surface area contributed by atoms with Gasteiger partial charge in [-0.25, -0.2) is 9.18 Å². The number of isocyanates is 1. The Kier molecular flexibility index (Phi) is 3.55. The summed E-state index contributed by atoms with van der Waals surface area (Å²) < 4.78 is 19.0. The first-order valence-corrected chi connectivity index (χ1v) is 6.97. The van der Waals surface area contributed by atoms with Gasteiger partial charge in [-0.1, -0.05) is 6.07 Å². The van der Waals surface area contributed by atoms with Crippen LogP contribution >= 0.6 is 0 Å². The van der Waals surface area contributed by atoms with Gasteiger partial charge in [0.15, 0.2) is 0 Å². The number of hydrogen-bond acceptors (Lipinski definition) is 4. The topological polar surface area (TPSA) is 41.9 Å². The number of aliphatic imine (C=N–C) groups is 1. The summed E-state index contributed by atoms with van der Waals surface area (Å²) in [6, 6.07) is 4.75. The Morgan fingerprint density at radius 1 is 1.30 bits per heavy atom. The summed E-state index contributed by atoms with van der Waals surface area (Å²) in [7, 11) is 0. The summed E-state index contributed by atoms with van der Waals surface area (Å²) in [5.41, 5.74) is 1.28. The quantitative estimate of drug-likeness (QED) is 0.629. The van der Waals surface area contributed by atoms with Crippen LogP contribution in [0.3, 0.4) is 0 Å². The zero-order valence-corrected chi connectivity index (χ0v) is 11.3. The molecule has 1 aliphatic carbocycles. The highest BCUT2D eigenvalue weighted by molar-refractivity contribution is 5.59. The van der Waals surface area contributed by atoms with Crippen LogP contribution in [0.15, 0.2) is 23.2 Å². The molecule has 106 valence electrons. The number of carbonyl (C=O) groups excluding carboxylic acids is 1. The van der Waals surface area contributed by atoms with Crippen LogP contribution in [0, 0.1) is 5.82 Å². The van der Waals surface area contributed by atoms with Gasteiger partial charge >= 0.3 is 0 Å². The van der Waals surface area contributed by atoms with Crippen molar-refractivity contribution in [1.82, 2.24) is 0 Å². The number of rotatable bonds is 3. The molecule has 1 aliphatic heterocycles. The molecule has 3 rings (SSSR count). The molecule has 0 unspecified atom stereocenters. The summed E-state index contributed by atoms with van der Waals surface area (Å²) >= 11 is 0. The SMILES string of the molecule is O=C=NC1(c2ccc(F)cc2N2CCOCC2)CCC1. The van der Waals surface area contributed by atoms with Crippen LogP contribution in [0.25, 0.3) is 0 Å². The van der Waals surface area contributed by atoms with Crippen LogP contribution in [0.1, 0.15) is 24.8 Å². The standard InChI is InChI=1S/C15H17FN2O2/c16-12-2-3-13(15(17-11-19)4-1-5-15)14(10-12)18-6-8-20-9-7-18/h2-3,10H,1,4-9H2. The average Bonchev–Trinajstić information content (AvgIpc) is 2.44. The summed E-state index contributed by atoms with van der Waals surface area (Å²) in [4.78, 5) is 16.9. The molecule has 0 amide bonds. The molecule has 0 spiro atoms. The molecule has 1 saturated carbocycles. The van der Waals surface area contributed by atoms with Crippen molar-refractivity contribution in [2.24, 2.45) is 4.99 Å². The summed E-state index contributed by atoms with van der Waals surface area (Å²) in [6.07, 6.45) is 4.37. The van der Waals surface area contributed by atoms with E-state index in [1.807, 2.05) is 0 Å². The Morgan fingerprint density at radius 2 is 2.05 bits per heavy atom. The van der Waals surface area contributed by atoms with Crippen molar-refractivity contribution in [3.05, 3.63) is 29.6 Å². The Bertz CT molecular complexity index is 545. The molecule has 0 N–H and O–H groups in total. The number of anilines is 1. The van der Waals surface area contributed by atoms with Crippen LogP contribution in [0.4, 0.5) is 10.1 Å². The van der Waals surface area contributed by atoms with Gasteiger partial charge in [0.2, 0.25) is 6.08 Å². The largest absolute Gasteiger partial charge is 0.378 e. The zero-order valence-electron chi connectivity index (χ0n) is 11.3. The molecule has 1 aromatic rings. The van der Waals surface area contributed by atoms with E-state index in [1.165, 1.54) is 6.07 Å². The monoisotopic (exact) mass is 276 g/mol. The van der Waals surface area contributed by atoms with E-state index in [1.54, 1.807) is 18.2 Å². The Hall–Kier alpha value is -1.71. The van der Waals surface area contributed by atoms with Gasteiger partial charge < -0.3 is 9.64 Å². The number of benzene rings is 1. The fourth-order valence-electron chi connectivity index (χ4n) is 3.00. The van der Waals surface area contributed by atoms with E-state index in [0.717, 1.165) is 43.6 Å². The van der Waals surface area contributed by atoms with Crippen LogP contribution in [-0.4, -0.2) is 32.4 Å². The van der Waals surface area contributed by atoms with Crippen LogP contribution in [-0.2, 0) is 15.1 Å². The Morgan fingerprint density at radius 3 is 2.65 bits per heavy atom. The van der Waals surface area contributed by atoms with Crippen LogP contribution < -0.4 is 4.90 Å². The third-order valence-electron chi connectivity index (χ3n) is 4.25. The van der Waals surface area contributed by atoms with E-state index in [4.69, 9.17) is 4.74 Å². The van der Waals surface area contributed by atoms with Gasteiger partial charge in [-0.15, -0.1) is 0 Å². The van der Waals surface area contributed by atoms with Gasteiger partial charge in [0.1, 0.15) is 11.4 Å².